The highest BCUT2D eigenvalue weighted by Gasteiger charge is 2.30. The van der Waals surface area contributed by atoms with Gasteiger partial charge in [0.15, 0.2) is 0 Å². The van der Waals surface area contributed by atoms with Gasteiger partial charge in [-0.25, -0.2) is 8.42 Å². The van der Waals surface area contributed by atoms with Crippen LogP contribution in [0.1, 0.15) is 19.8 Å². The smallest absolute Gasteiger partial charge is 0.245 e. The van der Waals surface area contributed by atoms with Crippen LogP contribution in [0.15, 0.2) is 41.4 Å². The molecule has 2 heterocycles. The van der Waals surface area contributed by atoms with E-state index >= 15 is 0 Å². The summed E-state index contributed by atoms with van der Waals surface area (Å²) in [5, 5.41) is 0.860. The lowest BCUT2D eigenvalue weighted by molar-refractivity contribution is 0.281. The Morgan fingerprint density at radius 2 is 2.05 bits per heavy atom. The molecule has 1 fully saturated rings. The zero-order valence-corrected chi connectivity index (χ0v) is 12.3. The molecule has 1 aliphatic heterocycles. The second-order valence-electron chi connectivity index (χ2n) is 5.44. The second kappa shape index (κ2) is 5.14. The van der Waals surface area contributed by atoms with Crippen molar-refractivity contribution in [1.29, 1.82) is 0 Å². The number of hydrogen-bond donors (Lipinski definition) is 0. The number of fused-ring (bicyclic) bond motifs is 1. The van der Waals surface area contributed by atoms with Crippen molar-refractivity contribution < 1.29 is 8.42 Å². The third-order valence-electron chi connectivity index (χ3n) is 3.83. The zero-order chi connectivity index (χ0) is 14.2. The quantitative estimate of drug-likeness (QED) is 0.854. The van der Waals surface area contributed by atoms with Gasteiger partial charge in [-0.15, -0.1) is 0 Å². The third-order valence-corrected chi connectivity index (χ3v) is 5.73. The summed E-state index contributed by atoms with van der Waals surface area (Å²) < 4.78 is 27.3. The van der Waals surface area contributed by atoms with Crippen molar-refractivity contribution in [3.05, 3.63) is 36.5 Å². The molecule has 1 atom stereocenters. The van der Waals surface area contributed by atoms with Gasteiger partial charge in [0, 0.05) is 24.7 Å². The largest absolute Gasteiger partial charge is 0.255 e. The van der Waals surface area contributed by atoms with E-state index in [4.69, 9.17) is 0 Å². The number of benzene rings is 1. The van der Waals surface area contributed by atoms with Crippen molar-refractivity contribution in [3.63, 3.8) is 0 Å². The van der Waals surface area contributed by atoms with Crippen LogP contribution >= 0.6 is 0 Å². The normalized spacial score (nSPS) is 21.1. The van der Waals surface area contributed by atoms with E-state index in [0.29, 0.717) is 29.4 Å². The van der Waals surface area contributed by atoms with E-state index < -0.39 is 10.0 Å². The third kappa shape index (κ3) is 2.31. The fourth-order valence-electron chi connectivity index (χ4n) is 2.79. The van der Waals surface area contributed by atoms with Gasteiger partial charge >= 0.3 is 0 Å². The molecule has 1 unspecified atom stereocenters. The van der Waals surface area contributed by atoms with Crippen molar-refractivity contribution in [1.82, 2.24) is 9.29 Å². The number of para-hydroxylation sites is 1. The molecule has 1 aromatic heterocycles. The van der Waals surface area contributed by atoms with E-state index in [1.54, 1.807) is 22.6 Å². The Balaban J connectivity index is 2.09. The Labute approximate surface area is 119 Å². The predicted molar refractivity (Wildman–Crippen MR) is 78.9 cm³/mol. The summed E-state index contributed by atoms with van der Waals surface area (Å²) in [6, 6.07) is 9.04. The Hall–Kier alpha value is -1.46. The minimum absolute atomic E-state index is 0.324. The van der Waals surface area contributed by atoms with E-state index in [1.807, 2.05) is 18.2 Å². The summed E-state index contributed by atoms with van der Waals surface area (Å²) in [4.78, 5) is 4.58. The maximum absolute atomic E-state index is 12.8. The van der Waals surface area contributed by atoms with E-state index in [9.17, 15) is 8.42 Å². The molecule has 2 aromatic rings. The minimum atomic E-state index is -3.45. The second-order valence-corrected chi connectivity index (χ2v) is 7.35. The van der Waals surface area contributed by atoms with Gasteiger partial charge < -0.3 is 0 Å². The molecule has 5 heteroatoms. The maximum atomic E-state index is 12.8. The van der Waals surface area contributed by atoms with Gasteiger partial charge in [-0.05, 0) is 30.9 Å². The Kier molecular flexibility index (Phi) is 3.48. The molecule has 0 bridgehead atoms. The van der Waals surface area contributed by atoms with Crippen molar-refractivity contribution in [2.45, 2.75) is 24.7 Å². The lowest BCUT2D eigenvalue weighted by Gasteiger charge is -2.30. The fraction of sp³-hybridized carbons (Fsp3) is 0.400. The summed E-state index contributed by atoms with van der Waals surface area (Å²) in [6.45, 7) is 3.31. The van der Waals surface area contributed by atoms with Crippen LogP contribution in [0, 0.1) is 5.92 Å². The highest BCUT2D eigenvalue weighted by atomic mass is 32.2. The van der Waals surface area contributed by atoms with Crippen LogP contribution in [0.2, 0.25) is 0 Å². The van der Waals surface area contributed by atoms with Gasteiger partial charge in [-0.1, -0.05) is 25.1 Å². The van der Waals surface area contributed by atoms with Gasteiger partial charge in [0.05, 0.1) is 5.52 Å². The maximum Gasteiger partial charge on any atom is 0.245 e. The molecular weight excluding hydrogens is 272 g/mol. The number of pyridine rings is 1. The predicted octanol–water partition coefficient (Wildman–Crippen LogP) is 2.66. The van der Waals surface area contributed by atoms with Crippen molar-refractivity contribution >= 4 is 20.9 Å². The van der Waals surface area contributed by atoms with Gasteiger partial charge in [0.1, 0.15) is 4.90 Å². The lowest BCUT2D eigenvalue weighted by Crippen LogP contribution is -2.39. The van der Waals surface area contributed by atoms with Crippen LogP contribution in [0.4, 0.5) is 0 Å². The summed E-state index contributed by atoms with van der Waals surface area (Å²) in [6.07, 6.45) is 3.67. The topological polar surface area (TPSA) is 50.3 Å². The number of hydrogen-bond acceptors (Lipinski definition) is 3. The number of rotatable bonds is 2. The number of aromatic nitrogens is 1. The first-order chi connectivity index (χ1) is 9.59. The van der Waals surface area contributed by atoms with Crippen LogP contribution < -0.4 is 0 Å². The van der Waals surface area contributed by atoms with Crippen LogP contribution in [-0.4, -0.2) is 30.8 Å². The number of piperidine rings is 1. The summed E-state index contributed by atoms with van der Waals surface area (Å²) in [5.41, 5.74) is 0.563. The van der Waals surface area contributed by atoms with E-state index in [-0.39, 0.29) is 0 Å². The average Bonchev–Trinajstić information content (AvgIpc) is 2.46. The first-order valence-electron chi connectivity index (χ1n) is 6.93. The minimum Gasteiger partial charge on any atom is -0.255 e. The van der Waals surface area contributed by atoms with Crippen LogP contribution in [0.5, 0.6) is 0 Å². The average molecular weight is 290 g/mol. The molecular formula is C15H18N2O2S. The molecule has 106 valence electrons. The van der Waals surface area contributed by atoms with Gasteiger partial charge in [-0.2, -0.15) is 4.31 Å². The molecule has 0 radical (unpaired) electrons. The molecule has 0 aliphatic carbocycles. The molecule has 1 aromatic carbocycles. The summed E-state index contributed by atoms with van der Waals surface area (Å²) in [7, 11) is -3.45. The summed E-state index contributed by atoms with van der Waals surface area (Å²) >= 11 is 0. The molecule has 0 saturated carbocycles. The SMILES string of the molecule is CC1CCCN(S(=O)(=O)c2cccc3cccnc23)C1. The lowest BCUT2D eigenvalue weighted by atomic mass is 10.0. The number of nitrogens with zero attached hydrogens (tertiary/aromatic N) is 2. The van der Waals surface area contributed by atoms with E-state index in [1.165, 1.54) is 0 Å². The molecule has 0 N–H and O–H groups in total. The Morgan fingerprint density at radius 3 is 2.85 bits per heavy atom. The van der Waals surface area contributed by atoms with E-state index in [0.717, 1.165) is 18.2 Å². The highest BCUT2D eigenvalue weighted by molar-refractivity contribution is 7.89. The van der Waals surface area contributed by atoms with Crippen molar-refractivity contribution in [2.24, 2.45) is 5.92 Å². The Morgan fingerprint density at radius 1 is 1.25 bits per heavy atom. The van der Waals surface area contributed by atoms with Gasteiger partial charge in [-0.3, -0.25) is 4.98 Å². The molecule has 20 heavy (non-hydrogen) atoms. The fourth-order valence-corrected chi connectivity index (χ4v) is 4.55. The van der Waals surface area contributed by atoms with Gasteiger partial charge in [0.25, 0.3) is 0 Å². The molecule has 1 aliphatic rings. The molecule has 4 nitrogen and oxygen atoms in total. The summed E-state index contributed by atoms with van der Waals surface area (Å²) in [5.74, 6) is 0.418. The first-order valence-corrected chi connectivity index (χ1v) is 8.37. The molecule has 1 saturated heterocycles. The molecule has 0 amide bonds. The molecule has 3 rings (SSSR count). The molecule has 0 spiro atoms. The van der Waals surface area contributed by atoms with Crippen molar-refractivity contribution in [2.75, 3.05) is 13.1 Å². The monoisotopic (exact) mass is 290 g/mol. The zero-order valence-electron chi connectivity index (χ0n) is 11.5. The van der Waals surface area contributed by atoms with E-state index in [2.05, 4.69) is 11.9 Å². The van der Waals surface area contributed by atoms with Crippen LogP contribution in [-0.2, 0) is 10.0 Å². The van der Waals surface area contributed by atoms with Crippen LogP contribution in [0.25, 0.3) is 10.9 Å². The standard InChI is InChI=1S/C15H18N2O2S/c1-12-5-4-10-17(11-12)20(18,19)14-8-2-6-13-7-3-9-16-15(13)14/h2-3,6-9,12H,4-5,10-11H2,1H3. The Bertz CT molecular complexity index is 722. The first kappa shape index (κ1) is 13.5. The van der Waals surface area contributed by atoms with Gasteiger partial charge in [0.2, 0.25) is 10.0 Å². The van der Waals surface area contributed by atoms with Crippen molar-refractivity contribution in [3.8, 4) is 0 Å². The highest BCUT2D eigenvalue weighted by Crippen LogP contribution is 2.27. The van der Waals surface area contributed by atoms with Crippen LogP contribution in [0.3, 0.4) is 0 Å². The number of sulfonamides is 1.